The van der Waals surface area contributed by atoms with Gasteiger partial charge >= 0.3 is 24.1 Å². The van der Waals surface area contributed by atoms with Crippen LogP contribution in [-0.4, -0.2) is 54.5 Å². The largest absolute Gasteiger partial charge is 0.508 e. The molecule has 1 aromatic rings. The van der Waals surface area contributed by atoms with Gasteiger partial charge in [-0.15, -0.1) is 0 Å². The van der Waals surface area contributed by atoms with Gasteiger partial charge in [-0.3, -0.25) is 14.4 Å². The van der Waals surface area contributed by atoms with Gasteiger partial charge in [0.2, 0.25) is 0 Å². The van der Waals surface area contributed by atoms with Crippen LogP contribution in [-0.2, 0) is 30.3 Å². The van der Waals surface area contributed by atoms with Crippen molar-refractivity contribution in [2.75, 3.05) is 13.2 Å². The second-order valence-electron chi connectivity index (χ2n) is 11.2. The van der Waals surface area contributed by atoms with E-state index in [0.717, 1.165) is 6.42 Å². The molecule has 5 atom stereocenters. The monoisotopic (exact) mass is 565 g/mol. The van der Waals surface area contributed by atoms with E-state index < -0.39 is 42.1 Å². The Morgan fingerprint density at radius 1 is 0.850 bits per heavy atom. The molecule has 10 heteroatoms. The quantitative estimate of drug-likeness (QED) is 0.202. The van der Waals surface area contributed by atoms with Crippen LogP contribution in [0.15, 0.2) is 18.2 Å². The molecule has 0 radical (unpaired) electrons. The zero-order valence-electron chi connectivity index (χ0n) is 25.3. The number of carboxylic acids is 1. The van der Waals surface area contributed by atoms with E-state index in [1.54, 1.807) is 26.8 Å². The number of esters is 2. The van der Waals surface area contributed by atoms with E-state index in [4.69, 9.17) is 18.9 Å². The lowest BCUT2D eigenvalue weighted by Crippen LogP contribution is -2.42. The fraction of sp³-hybridized carbons (Fsp3) is 0.667. The van der Waals surface area contributed by atoms with Crippen LogP contribution in [0.2, 0.25) is 0 Å². The number of hydrogen-bond acceptors (Lipinski definition) is 9. The van der Waals surface area contributed by atoms with E-state index in [1.807, 2.05) is 41.5 Å². The molecule has 0 bridgehead atoms. The first-order valence-electron chi connectivity index (χ1n) is 14.0. The number of carbonyl (C=O) groups is 4. The van der Waals surface area contributed by atoms with E-state index >= 15 is 0 Å². The van der Waals surface area contributed by atoms with Crippen LogP contribution < -0.4 is 14.8 Å². The third kappa shape index (κ3) is 11.9. The average molecular weight is 566 g/mol. The summed E-state index contributed by atoms with van der Waals surface area (Å²) in [5.74, 6) is -2.42. The van der Waals surface area contributed by atoms with Crippen molar-refractivity contribution in [1.29, 1.82) is 0 Å². The van der Waals surface area contributed by atoms with Crippen molar-refractivity contribution in [2.24, 2.45) is 29.6 Å². The van der Waals surface area contributed by atoms with Gasteiger partial charge in [0.05, 0.1) is 18.4 Å². The molecule has 1 aromatic carbocycles. The molecule has 40 heavy (non-hydrogen) atoms. The standard InChI is InChI=1S/C30H47NO9/c1-10-19(6)16-37-30(36)38-20(7)15-31-24(27(32)33)13-23-11-12-25(39-28(34)21(8)17(2)3)26(14-23)40-29(35)22(9)18(4)5/h11-12,14,17-22,24,31H,10,13,15-16H2,1-9H3,(H,32,33)/t19?,20?,21?,22?,24-/m0/s1. The summed E-state index contributed by atoms with van der Waals surface area (Å²) in [4.78, 5) is 49.2. The summed E-state index contributed by atoms with van der Waals surface area (Å²) >= 11 is 0. The normalized spacial score (nSPS) is 15.1. The van der Waals surface area contributed by atoms with Crippen LogP contribution in [0.4, 0.5) is 4.79 Å². The summed E-state index contributed by atoms with van der Waals surface area (Å²) in [5.41, 5.74) is 0.540. The maximum absolute atomic E-state index is 12.7. The first kappa shape index (κ1) is 34.9. The number of aliphatic carboxylic acids is 1. The highest BCUT2D eigenvalue weighted by molar-refractivity contribution is 5.79. The SMILES string of the molecule is CCC(C)COC(=O)OC(C)CN[C@@H](Cc1ccc(OC(=O)C(C)C(C)C)c(OC(=O)C(C)C(C)C)c1)C(=O)O. The van der Waals surface area contributed by atoms with Gasteiger partial charge in [-0.1, -0.05) is 67.9 Å². The second-order valence-corrected chi connectivity index (χ2v) is 11.2. The molecule has 226 valence electrons. The van der Waals surface area contributed by atoms with Crippen LogP contribution >= 0.6 is 0 Å². The van der Waals surface area contributed by atoms with Crippen LogP contribution in [0.3, 0.4) is 0 Å². The summed E-state index contributed by atoms with van der Waals surface area (Å²) < 4.78 is 21.5. The molecule has 1 rings (SSSR count). The van der Waals surface area contributed by atoms with Crippen molar-refractivity contribution in [2.45, 2.75) is 87.3 Å². The maximum Gasteiger partial charge on any atom is 0.508 e. The highest BCUT2D eigenvalue weighted by Gasteiger charge is 2.26. The van der Waals surface area contributed by atoms with Crippen molar-refractivity contribution < 1.29 is 43.2 Å². The van der Waals surface area contributed by atoms with Crippen molar-refractivity contribution >= 4 is 24.1 Å². The second kappa shape index (κ2) is 16.8. The van der Waals surface area contributed by atoms with E-state index in [1.165, 1.54) is 12.1 Å². The predicted octanol–water partition coefficient (Wildman–Crippen LogP) is 5.25. The smallest absolute Gasteiger partial charge is 0.480 e. The Balaban J connectivity index is 3.02. The van der Waals surface area contributed by atoms with Crippen LogP contribution in [0, 0.1) is 29.6 Å². The minimum absolute atomic E-state index is 0.0276. The number of nitrogens with one attached hydrogen (secondary N) is 1. The van der Waals surface area contributed by atoms with Crippen molar-refractivity contribution in [1.82, 2.24) is 5.32 Å². The molecule has 0 heterocycles. The summed E-state index contributed by atoms with van der Waals surface area (Å²) in [7, 11) is 0. The van der Waals surface area contributed by atoms with E-state index in [2.05, 4.69) is 5.32 Å². The van der Waals surface area contributed by atoms with Gasteiger partial charge in [0.25, 0.3) is 0 Å². The molecule has 10 nitrogen and oxygen atoms in total. The topological polar surface area (TPSA) is 137 Å². The fourth-order valence-corrected chi connectivity index (χ4v) is 3.15. The minimum Gasteiger partial charge on any atom is -0.480 e. The lowest BCUT2D eigenvalue weighted by molar-refractivity contribution is -0.142. The maximum atomic E-state index is 12.7. The number of hydrogen-bond donors (Lipinski definition) is 2. The molecule has 2 N–H and O–H groups in total. The molecule has 0 amide bonds. The summed E-state index contributed by atoms with van der Waals surface area (Å²) in [6.07, 6.45) is -0.546. The van der Waals surface area contributed by atoms with Crippen LogP contribution in [0.5, 0.6) is 11.5 Å². The first-order valence-corrected chi connectivity index (χ1v) is 14.0. The third-order valence-corrected chi connectivity index (χ3v) is 7.04. The third-order valence-electron chi connectivity index (χ3n) is 7.04. The Hall–Kier alpha value is -3.14. The van der Waals surface area contributed by atoms with Gasteiger partial charge in [0, 0.05) is 6.54 Å². The molecular formula is C30H47NO9. The summed E-state index contributed by atoms with van der Waals surface area (Å²) in [6, 6.07) is 3.60. The average Bonchev–Trinajstić information content (AvgIpc) is 2.89. The Kier molecular flexibility index (Phi) is 14.7. The van der Waals surface area contributed by atoms with Crippen LogP contribution in [0.25, 0.3) is 0 Å². The number of carbonyl (C=O) groups excluding carboxylic acids is 3. The molecule has 0 aliphatic carbocycles. The minimum atomic E-state index is -1.11. The van der Waals surface area contributed by atoms with Gasteiger partial charge in [-0.2, -0.15) is 0 Å². The number of benzene rings is 1. The zero-order chi connectivity index (χ0) is 30.6. The molecule has 0 fully saturated rings. The predicted molar refractivity (Wildman–Crippen MR) is 150 cm³/mol. The van der Waals surface area contributed by atoms with Gasteiger partial charge in [0.1, 0.15) is 12.1 Å². The summed E-state index contributed by atoms with van der Waals surface area (Å²) in [5, 5.41) is 12.7. The van der Waals surface area contributed by atoms with Gasteiger partial charge < -0.3 is 29.4 Å². The molecule has 0 aromatic heterocycles. The fourth-order valence-electron chi connectivity index (χ4n) is 3.15. The van der Waals surface area contributed by atoms with Gasteiger partial charge in [-0.25, -0.2) is 4.79 Å². The molecular weight excluding hydrogens is 518 g/mol. The zero-order valence-corrected chi connectivity index (χ0v) is 25.3. The van der Waals surface area contributed by atoms with Gasteiger partial charge in [0.15, 0.2) is 11.5 Å². The molecule has 0 aliphatic heterocycles. The molecule has 0 spiro atoms. The number of carboxylic acid groups (broad SMARTS) is 1. The lowest BCUT2D eigenvalue weighted by Gasteiger charge is -2.20. The molecule has 0 aliphatic rings. The highest BCUT2D eigenvalue weighted by atomic mass is 16.7. The Bertz CT molecular complexity index is 991. The van der Waals surface area contributed by atoms with Crippen LogP contribution in [0.1, 0.15) is 74.3 Å². The first-order chi connectivity index (χ1) is 18.7. The van der Waals surface area contributed by atoms with Crippen molar-refractivity contribution in [3.63, 3.8) is 0 Å². The number of ether oxygens (including phenoxy) is 4. The number of rotatable bonds is 16. The molecule has 0 saturated carbocycles. The van der Waals surface area contributed by atoms with Crippen molar-refractivity contribution in [3.05, 3.63) is 23.8 Å². The summed E-state index contributed by atoms with van der Waals surface area (Å²) in [6.45, 7) is 17.0. The van der Waals surface area contributed by atoms with Crippen molar-refractivity contribution in [3.8, 4) is 11.5 Å². The lowest BCUT2D eigenvalue weighted by atomic mass is 9.98. The van der Waals surface area contributed by atoms with E-state index in [9.17, 15) is 24.3 Å². The Morgan fingerprint density at radius 2 is 1.40 bits per heavy atom. The van der Waals surface area contributed by atoms with E-state index in [-0.39, 0.29) is 54.7 Å². The Labute approximate surface area is 238 Å². The molecule has 0 saturated heterocycles. The van der Waals surface area contributed by atoms with E-state index in [0.29, 0.717) is 5.56 Å². The molecule has 4 unspecified atom stereocenters. The van der Waals surface area contributed by atoms with Gasteiger partial charge in [-0.05, 0) is 48.8 Å². The highest BCUT2D eigenvalue weighted by Crippen LogP contribution is 2.31. The Morgan fingerprint density at radius 3 is 1.90 bits per heavy atom.